The highest BCUT2D eigenvalue weighted by molar-refractivity contribution is 7.98. The van der Waals surface area contributed by atoms with E-state index >= 15 is 0 Å². The molecule has 0 rings (SSSR count). The maximum Gasteiger partial charge on any atom is 0.326 e. The van der Waals surface area contributed by atoms with E-state index in [1.807, 2.05) is 20.1 Å². The maximum absolute atomic E-state index is 12.8. The van der Waals surface area contributed by atoms with E-state index in [1.54, 1.807) is 0 Å². The molecule has 0 aromatic heterocycles. The van der Waals surface area contributed by atoms with Gasteiger partial charge < -0.3 is 32.5 Å². The van der Waals surface area contributed by atoms with Gasteiger partial charge in [0.25, 0.3) is 0 Å². The third kappa shape index (κ3) is 12.2. The number of aliphatic carboxylic acids is 1. The minimum atomic E-state index is -1.21. The molecule has 0 radical (unpaired) electrons. The second kappa shape index (κ2) is 15.8. The van der Waals surface area contributed by atoms with Crippen molar-refractivity contribution in [3.8, 4) is 0 Å². The number of hydrogen-bond donors (Lipinski definition) is 7. The van der Waals surface area contributed by atoms with E-state index in [-0.39, 0.29) is 37.4 Å². The number of carboxylic acids is 1. The van der Waals surface area contributed by atoms with Crippen LogP contribution in [0.4, 0.5) is 0 Å². The summed E-state index contributed by atoms with van der Waals surface area (Å²) in [5.41, 5.74) is 10.8. The van der Waals surface area contributed by atoms with Gasteiger partial charge in [0.1, 0.15) is 18.1 Å². The molecular weight excluding hydrogens is 458 g/mol. The summed E-state index contributed by atoms with van der Waals surface area (Å²) in [7, 11) is 0. The first-order valence-electron chi connectivity index (χ1n) is 10.2. The molecule has 0 aromatic carbocycles. The molecule has 4 amide bonds. The third-order valence-corrected chi connectivity index (χ3v) is 5.45. The fourth-order valence-corrected chi connectivity index (χ4v) is 3.30. The van der Waals surface area contributed by atoms with Crippen LogP contribution in [0.15, 0.2) is 0 Å². The van der Waals surface area contributed by atoms with Gasteiger partial charge in [0.2, 0.25) is 23.6 Å². The summed E-state index contributed by atoms with van der Waals surface area (Å²) in [4.78, 5) is 60.4. The van der Waals surface area contributed by atoms with E-state index in [4.69, 9.17) is 11.5 Å². The van der Waals surface area contributed by atoms with Gasteiger partial charge in [0, 0.05) is 12.2 Å². The highest BCUT2D eigenvalue weighted by Crippen LogP contribution is 2.08. The number of primary amides is 1. The zero-order chi connectivity index (χ0) is 24.8. The highest BCUT2D eigenvalue weighted by atomic mass is 32.2. The van der Waals surface area contributed by atoms with E-state index in [2.05, 4.69) is 28.6 Å². The molecule has 0 saturated carbocycles. The minimum Gasteiger partial charge on any atom is -0.480 e. The molecule has 13 heteroatoms. The van der Waals surface area contributed by atoms with Crippen LogP contribution in [0.2, 0.25) is 0 Å². The van der Waals surface area contributed by atoms with Gasteiger partial charge in [-0.15, -0.1) is 0 Å². The van der Waals surface area contributed by atoms with E-state index in [9.17, 15) is 29.1 Å². The van der Waals surface area contributed by atoms with Gasteiger partial charge in [-0.25, -0.2) is 4.79 Å². The number of thiol groups is 1. The minimum absolute atomic E-state index is 0.00256. The van der Waals surface area contributed by atoms with Crippen LogP contribution in [0.5, 0.6) is 0 Å². The van der Waals surface area contributed by atoms with Gasteiger partial charge in [-0.05, 0) is 37.2 Å². The Morgan fingerprint density at radius 1 is 0.938 bits per heavy atom. The molecule has 0 fully saturated rings. The molecular formula is C19H35N5O6S2. The van der Waals surface area contributed by atoms with Crippen LogP contribution in [-0.4, -0.2) is 76.6 Å². The zero-order valence-corrected chi connectivity index (χ0v) is 20.3. The van der Waals surface area contributed by atoms with Crippen molar-refractivity contribution in [1.29, 1.82) is 0 Å². The fraction of sp³-hybridized carbons (Fsp3) is 0.737. The van der Waals surface area contributed by atoms with E-state index in [1.165, 1.54) is 11.8 Å². The van der Waals surface area contributed by atoms with Crippen LogP contribution in [0, 0.1) is 5.92 Å². The Balaban J connectivity index is 5.48. The van der Waals surface area contributed by atoms with Crippen LogP contribution >= 0.6 is 24.4 Å². The normalized spacial score (nSPS) is 14.7. The SMILES string of the molecule is CSCCC(NC(=O)C(N)CS)C(=O)NC(CCC(N)=O)C(=O)NC(CC(C)C)C(=O)O. The van der Waals surface area contributed by atoms with Crippen LogP contribution in [0.1, 0.15) is 39.5 Å². The monoisotopic (exact) mass is 493 g/mol. The topological polar surface area (TPSA) is 194 Å². The molecule has 8 N–H and O–H groups in total. The number of amides is 4. The van der Waals surface area contributed by atoms with Gasteiger partial charge in [-0.1, -0.05) is 13.8 Å². The molecule has 0 aromatic rings. The summed E-state index contributed by atoms with van der Waals surface area (Å²) in [6.45, 7) is 3.62. The smallest absolute Gasteiger partial charge is 0.326 e. The van der Waals surface area contributed by atoms with Crippen molar-refractivity contribution in [1.82, 2.24) is 16.0 Å². The number of hydrogen-bond acceptors (Lipinski definition) is 8. The van der Waals surface area contributed by atoms with E-state index in [0.29, 0.717) is 5.75 Å². The van der Waals surface area contributed by atoms with E-state index in [0.717, 1.165) is 0 Å². The predicted molar refractivity (Wildman–Crippen MR) is 126 cm³/mol. The largest absolute Gasteiger partial charge is 0.480 e. The molecule has 11 nitrogen and oxygen atoms in total. The maximum atomic E-state index is 12.8. The summed E-state index contributed by atoms with van der Waals surface area (Å²) in [5, 5.41) is 16.8. The predicted octanol–water partition coefficient (Wildman–Crippen LogP) is -1.15. The van der Waals surface area contributed by atoms with Gasteiger partial charge in [-0.3, -0.25) is 19.2 Å². The summed E-state index contributed by atoms with van der Waals surface area (Å²) >= 11 is 5.43. The molecule has 0 aliphatic heterocycles. The first kappa shape index (κ1) is 30.0. The Morgan fingerprint density at radius 2 is 1.44 bits per heavy atom. The van der Waals surface area contributed by atoms with Crippen molar-refractivity contribution in [2.75, 3.05) is 17.8 Å². The van der Waals surface area contributed by atoms with Gasteiger partial charge in [-0.2, -0.15) is 24.4 Å². The number of carbonyl (C=O) groups excluding carboxylic acids is 4. The van der Waals surface area contributed by atoms with Crippen molar-refractivity contribution in [3.05, 3.63) is 0 Å². The Kier molecular flexibility index (Phi) is 14.8. The number of rotatable bonds is 16. The Labute approximate surface area is 198 Å². The summed E-state index contributed by atoms with van der Waals surface area (Å²) in [6, 6.07) is -4.26. The van der Waals surface area contributed by atoms with Gasteiger partial charge in [0.15, 0.2) is 0 Å². The number of carbonyl (C=O) groups is 5. The molecule has 0 saturated heterocycles. The van der Waals surface area contributed by atoms with Crippen LogP contribution < -0.4 is 27.4 Å². The van der Waals surface area contributed by atoms with Crippen molar-refractivity contribution < 1.29 is 29.1 Å². The lowest BCUT2D eigenvalue weighted by Crippen LogP contribution is -2.57. The lowest BCUT2D eigenvalue weighted by atomic mass is 10.0. The van der Waals surface area contributed by atoms with Crippen molar-refractivity contribution in [2.45, 2.75) is 63.7 Å². The summed E-state index contributed by atoms with van der Waals surface area (Å²) < 4.78 is 0. The Morgan fingerprint density at radius 3 is 1.88 bits per heavy atom. The molecule has 0 aliphatic rings. The number of carboxylic acid groups (broad SMARTS) is 1. The molecule has 0 bridgehead atoms. The van der Waals surface area contributed by atoms with Crippen molar-refractivity contribution in [3.63, 3.8) is 0 Å². The number of thioether (sulfide) groups is 1. The molecule has 4 atom stereocenters. The standard InChI is InChI=1S/C19H35N5O6S2/c1-10(2)8-14(19(29)30)24-17(27)12(4-5-15(21)25)23-18(28)13(6-7-32-3)22-16(26)11(20)9-31/h10-14,31H,4-9,20H2,1-3H3,(H2,21,25)(H,22,26)(H,23,28)(H,24,27)(H,29,30). The highest BCUT2D eigenvalue weighted by Gasteiger charge is 2.30. The number of nitrogens with two attached hydrogens (primary N) is 2. The number of nitrogens with one attached hydrogen (secondary N) is 3. The van der Waals surface area contributed by atoms with Crippen LogP contribution in [0.3, 0.4) is 0 Å². The average Bonchev–Trinajstić information content (AvgIpc) is 2.71. The molecule has 0 heterocycles. The summed E-state index contributed by atoms with van der Waals surface area (Å²) in [5.74, 6) is -3.24. The summed E-state index contributed by atoms with van der Waals surface area (Å²) in [6.07, 6.45) is 1.96. The lowest BCUT2D eigenvalue weighted by Gasteiger charge is -2.25. The first-order valence-corrected chi connectivity index (χ1v) is 12.2. The lowest BCUT2D eigenvalue weighted by molar-refractivity contribution is -0.143. The average molecular weight is 494 g/mol. The fourth-order valence-electron chi connectivity index (χ4n) is 2.66. The second-order valence-corrected chi connectivity index (χ2v) is 9.08. The van der Waals surface area contributed by atoms with Crippen molar-refractivity contribution in [2.24, 2.45) is 17.4 Å². The van der Waals surface area contributed by atoms with Crippen LogP contribution in [0.25, 0.3) is 0 Å². The molecule has 184 valence electrons. The Hall–Kier alpha value is -1.99. The molecule has 0 spiro atoms. The first-order chi connectivity index (χ1) is 14.9. The van der Waals surface area contributed by atoms with Crippen LogP contribution in [-0.2, 0) is 24.0 Å². The van der Waals surface area contributed by atoms with Gasteiger partial charge >= 0.3 is 5.97 Å². The van der Waals surface area contributed by atoms with E-state index < -0.39 is 53.8 Å². The quantitative estimate of drug-likeness (QED) is 0.131. The van der Waals surface area contributed by atoms with Gasteiger partial charge in [0.05, 0.1) is 6.04 Å². The zero-order valence-electron chi connectivity index (χ0n) is 18.6. The molecule has 4 unspecified atom stereocenters. The Bertz CT molecular complexity index is 664. The van der Waals surface area contributed by atoms with Crippen molar-refractivity contribution >= 4 is 54.0 Å². The molecule has 32 heavy (non-hydrogen) atoms. The third-order valence-electron chi connectivity index (χ3n) is 4.41. The molecule has 0 aliphatic carbocycles. The second-order valence-electron chi connectivity index (χ2n) is 7.73.